The van der Waals surface area contributed by atoms with Crippen molar-refractivity contribution >= 4 is 18.0 Å². The van der Waals surface area contributed by atoms with Crippen LogP contribution in [0.25, 0.3) is 0 Å². The second kappa shape index (κ2) is 11.5. The Labute approximate surface area is 144 Å². The molecule has 7 heteroatoms. The van der Waals surface area contributed by atoms with E-state index in [9.17, 15) is 14.4 Å². The summed E-state index contributed by atoms with van der Waals surface area (Å²) in [6, 6.07) is -0.342. The van der Waals surface area contributed by atoms with E-state index in [0.29, 0.717) is 19.6 Å². The topological polar surface area (TPSA) is 76.2 Å². The monoisotopic (exact) mass is 342 g/mol. The fourth-order valence-corrected chi connectivity index (χ4v) is 2.06. The number of esters is 2. The van der Waals surface area contributed by atoms with Gasteiger partial charge in [0, 0.05) is 31.8 Å². The van der Waals surface area contributed by atoms with Gasteiger partial charge in [0.15, 0.2) is 0 Å². The van der Waals surface area contributed by atoms with Gasteiger partial charge in [-0.25, -0.2) is 14.4 Å². The maximum atomic E-state index is 12.4. The predicted molar refractivity (Wildman–Crippen MR) is 91.5 cm³/mol. The molecule has 0 saturated heterocycles. The third kappa shape index (κ3) is 7.99. The van der Waals surface area contributed by atoms with Crippen molar-refractivity contribution in [1.82, 2.24) is 9.80 Å². The number of carbonyl (C=O) groups is 3. The first-order chi connectivity index (χ1) is 11.3. The normalized spacial score (nSPS) is 12.1. The number of carbonyl (C=O) groups excluding carboxylic acids is 3. The first kappa shape index (κ1) is 21.9. The first-order valence-corrected chi connectivity index (χ1v) is 8.37. The molecule has 0 aliphatic carbocycles. The van der Waals surface area contributed by atoms with E-state index < -0.39 is 11.9 Å². The minimum absolute atomic E-state index is 0.0588. The molecular weight excluding hydrogens is 312 g/mol. The third-order valence-corrected chi connectivity index (χ3v) is 3.33. The van der Waals surface area contributed by atoms with Gasteiger partial charge in [-0.3, -0.25) is 0 Å². The summed E-state index contributed by atoms with van der Waals surface area (Å²) < 4.78 is 9.97. The van der Waals surface area contributed by atoms with E-state index in [1.165, 1.54) is 0 Å². The summed E-state index contributed by atoms with van der Waals surface area (Å²) in [4.78, 5) is 38.7. The maximum absolute atomic E-state index is 12.4. The van der Waals surface area contributed by atoms with Crippen LogP contribution in [0.3, 0.4) is 0 Å². The summed E-state index contributed by atoms with van der Waals surface area (Å²) in [6.07, 6.45) is 1.81. The number of ether oxygens (including phenoxy) is 2. The van der Waals surface area contributed by atoms with E-state index in [4.69, 9.17) is 9.47 Å². The molecule has 24 heavy (non-hydrogen) atoms. The van der Waals surface area contributed by atoms with Gasteiger partial charge in [0.05, 0.1) is 12.1 Å². The molecule has 0 rings (SSSR count). The van der Waals surface area contributed by atoms with Gasteiger partial charge < -0.3 is 19.3 Å². The van der Waals surface area contributed by atoms with Crippen LogP contribution in [0.2, 0.25) is 0 Å². The highest BCUT2D eigenvalue weighted by Crippen LogP contribution is 2.06. The number of rotatable bonds is 9. The lowest BCUT2D eigenvalue weighted by Crippen LogP contribution is -2.48. The second-order valence-electron chi connectivity index (χ2n) is 5.54. The zero-order valence-corrected chi connectivity index (χ0v) is 15.6. The molecule has 0 radical (unpaired) electrons. The molecule has 0 aromatic rings. The summed E-state index contributed by atoms with van der Waals surface area (Å²) in [7, 11) is 0. The number of nitrogens with zero attached hydrogens (tertiary/aromatic N) is 2. The molecule has 0 aromatic carbocycles. The molecule has 138 valence electrons. The Morgan fingerprint density at radius 2 is 1.46 bits per heavy atom. The number of amides is 2. The SMILES string of the molecule is CCN(CC)C(=O)N(CC)[C@@H](C)COC(=O)/C=C/C(=O)OC(C)C. The lowest BCUT2D eigenvalue weighted by molar-refractivity contribution is -0.143. The highest BCUT2D eigenvalue weighted by atomic mass is 16.5. The van der Waals surface area contributed by atoms with Crippen molar-refractivity contribution in [2.75, 3.05) is 26.2 Å². The molecule has 7 nitrogen and oxygen atoms in total. The predicted octanol–water partition coefficient (Wildman–Crippen LogP) is 2.21. The third-order valence-electron chi connectivity index (χ3n) is 3.33. The number of hydrogen-bond donors (Lipinski definition) is 0. The average molecular weight is 342 g/mol. The summed E-state index contributed by atoms with van der Waals surface area (Å²) in [5.74, 6) is -1.24. The Kier molecular flexibility index (Phi) is 10.5. The quantitative estimate of drug-likeness (QED) is 0.474. The molecule has 0 N–H and O–H groups in total. The van der Waals surface area contributed by atoms with Crippen LogP contribution in [0.5, 0.6) is 0 Å². The minimum Gasteiger partial charge on any atom is -0.460 e. The molecule has 0 aromatic heterocycles. The van der Waals surface area contributed by atoms with Gasteiger partial charge in [0.1, 0.15) is 6.61 Å². The van der Waals surface area contributed by atoms with E-state index in [2.05, 4.69) is 0 Å². The van der Waals surface area contributed by atoms with Gasteiger partial charge >= 0.3 is 18.0 Å². The molecule has 1 atom stereocenters. The molecular formula is C17H30N2O5. The molecule has 2 amide bonds. The van der Waals surface area contributed by atoms with Crippen LogP contribution in [0.4, 0.5) is 4.79 Å². The number of hydrogen-bond acceptors (Lipinski definition) is 5. The Balaban J connectivity index is 4.51. The lowest BCUT2D eigenvalue weighted by atomic mass is 10.3. The lowest BCUT2D eigenvalue weighted by Gasteiger charge is -2.32. The average Bonchev–Trinajstić information content (AvgIpc) is 2.52. The van der Waals surface area contributed by atoms with Gasteiger partial charge in [-0.2, -0.15) is 0 Å². The number of urea groups is 1. The van der Waals surface area contributed by atoms with E-state index in [1.807, 2.05) is 27.7 Å². The zero-order valence-electron chi connectivity index (χ0n) is 15.6. The summed E-state index contributed by atoms with van der Waals surface area (Å²) >= 11 is 0. The summed E-state index contributed by atoms with van der Waals surface area (Å²) in [5, 5.41) is 0. The smallest absolute Gasteiger partial charge is 0.331 e. The van der Waals surface area contributed by atoms with E-state index >= 15 is 0 Å². The largest absolute Gasteiger partial charge is 0.460 e. The fourth-order valence-electron chi connectivity index (χ4n) is 2.06. The van der Waals surface area contributed by atoms with Crippen molar-refractivity contribution in [1.29, 1.82) is 0 Å². The maximum Gasteiger partial charge on any atom is 0.331 e. The Bertz CT molecular complexity index is 444. The Morgan fingerprint density at radius 1 is 0.917 bits per heavy atom. The van der Waals surface area contributed by atoms with Gasteiger partial charge in [-0.1, -0.05) is 0 Å². The number of likely N-dealkylation sites (N-methyl/N-ethyl adjacent to an activating group) is 1. The minimum atomic E-state index is -0.645. The van der Waals surface area contributed by atoms with Crippen LogP contribution in [0.1, 0.15) is 41.5 Å². The summed E-state index contributed by atoms with van der Waals surface area (Å²) in [5.41, 5.74) is 0. The highest BCUT2D eigenvalue weighted by Gasteiger charge is 2.23. The van der Waals surface area contributed by atoms with Gasteiger partial charge in [0.2, 0.25) is 0 Å². The van der Waals surface area contributed by atoms with E-state index in [1.54, 1.807) is 23.6 Å². The van der Waals surface area contributed by atoms with Crippen molar-refractivity contribution in [3.05, 3.63) is 12.2 Å². The van der Waals surface area contributed by atoms with Gasteiger partial charge in [0.25, 0.3) is 0 Å². The van der Waals surface area contributed by atoms with Crippen molar-refractivity contribution in [2.24, 2.45) is 0 Å². The van der Waals surface area contributed by atoms with Crippen LogP contribution < -0.4 is 0 Å². The van der Waals surface area contributed by atoms with Crippen LogP contribution >= 0.6 is 0 Å². The Morgan fingerprint density at radius 3 is 1.92 bits per heavy atom. The van der Waals surface area contributed by atoms with Gasteiger partial charge in [-0.05, 0) is 41.5 Å². The molecule has 0 aliphatic heterocycles. The molecule has 0 spiro atoms. The van der Waals surface area contributed by atoms with Crippen LogP contribution in [-0.4, -0.2) is 66.2 Å². The molecule has 0 fully saturated rings. The van der Waals surface area contributed by atoms with Gasteiger partial charge in [-0.15, -0.1) is 0 Å². The van der Waals surface area contributed by atoms with Crippen LogP contribution in [0, 0.1) is 0 Å². The van der Waals surface area contributed by atoms with Crippen molar-refractivity contribution in [2.45, 2.75) is 53.7 Å². The highest BCUT2D eigenvalue weighted by molar-refractivity contribution is 5.91. The van der Waals surface area contributed by atoms with Crippen molar-refractivity contribution in [3.63, 3.8) is 0 Å². The fraction of sp³-hybridized carbons (Fsp3) is 0.706. The molecule has 0 saturated carbocycles. The van der Waals surface area contributed by atoms with E-state index in [0.717, 1.165) is 12.2 Å². The Hall–Kier alpha value is -2.05. The van der Waals surface area contributed by atoms with Crippen molar-refractivity contribution < 1.29 is 23.9 Å². The van der Waals surface area contributed by atoms with Crippen LogP contribution in [-0.2, 0) is 19.1 Å². The standard InChI is InChI=1S/C17H30N2O5/c1-7-18(8-2)17(22)19(9-3)14(6)12-23-15(20)10-11-16(21)24-13(4)5/h10-11,13-14H,7-9,12H2,1-6H3/b11-10+/t14-/m0/s1. The molecule has 0 unspecified atom stereocenters. The van der Waals surface area contributed by atoms with Crippen molar-refractivity contribution in [3.8, 4) is 0 Å². The molecule has 0 heterocycles. The molecule has 0 bridgehead atoms. The second-order valence-corrected chi connectivity index (χ2v) is 5.54. The zero-order chi connectivity index (χ0) is 18.7. The van der Waals surface area contributed by atoms with E-state index in [-0.39, 0.29) is 24.8 Å². The van der Waals surface area contributed by atoms with Crippen LogP contribution in [0.15, 0.2) is 12.2 Å². The summed E-state index contributed by atoms with van der Waals surface area (Å²) in [6.45, 7) is 12.8. The molecule has 0 aliphatic rings. The first-order valence-electron chi connectivity index (χ1n) is 8.37.